The first-order chi connectivity index (χ1) is 25.4. The molecule has 4 aromatic carbocycles. The number of rotatable bonds is 10. The maximum atomic E-state index is 16.0. The molecule has 0 radical (unpaired) electrons. The number of benzene rings is 4. The van der Waals surface area contributed by atoms with Crippen LogP contribution < -0.4 is 4.74 Å². The topological polar surface area (TPSA) is 61.1 Å². The Morgan fingerprint density at radius 3 is 2.40 bits per heavy atom. The molecule has 8 rings (SSSR count). The van der Waals surface area contributed by atoms with Crippen LogP contribution in [0.2, 0.25) is 0 Å². The molecule has 3 heterocycles. The van der Waals surface area contributed by atoms with Crippen LogP contribution in [0.3, 0.4) is 0 Å². The molecule has 2 atom stereocenters. The number of fused-ring (bicyclic) bond motifs is 3. The summed E-state index contributed by atoms with van der Waals surface area (Å²) < 4.78 is 67.3. The summed E-state index contributed by atoms with van der Waals surface area (Å²) in [6, 6.07) is 20.4. The van der Waals surface area contributed by atoms with Crippen LogP contribution in [0.5, 0.6) is 5.75 Å². The molecular weight excluding hydrogens is 678 g/mol. The van der Waals surface area contributed by atoms with E-state index in [0.717, 1.165) is 69.9 Å². The molecule has 0 saturated carbocycles. The number of halogens is 4. The van der Waals surface area contributed by atoms with Crippen molar-refractivity contribution in [2.75, 3.05) is 13.2 Å². The quantitative estimate of drug-likeness (QED) is 0.109. The number of carbonyl (C=O) groups is 1. The molecule has 0 unspecified atom stereocenters. The number of carbonyl (C=O) groups excluding carboxylic acids is 1. The third-order valence-electron chi connectivity index (χ3n) is 10.9. The van der Waals surface area contributed by atoms with Crippen molar-refractivity contribution in [2.24, 2.45) is 0 Å². The fourth-order valence-corrected chi connectivity index (χ4v) is 8.51. The molecular formula is C44H43F4N3O2. The summed E-state index contributed by atoms with van der Waals surface area (Å²) in [5, 5.41) is 1.84. The second kappa shape index (κ2) is 13.8. The number of aromatic nitrogens is 2. The molecule has 2 aromatic heterocycles. The standard InChI is InChI=1S/C44H43F4N3O2/c1-25-19-32-30-10-4-5-12-36(30)49-42(32)43(51(25)24-44(2,3)48)40-34(46)22-29(23-35(40)47)53-18-7-6-9-26-14-16-27(17-15-26)41-31-11-8-13-38(52)33-20-28(45)21-37(50-41)39(31)33/h4-5,10,12,14-17,20-23,25,43,49-50H,6-9,11,13,18-19,24H2,1-3H3/t25-,43-/m1/s1. The maximum absolute atomic E-state index is 16.0. The van der Waals surface area contributed by atoms with E-state index in [1.165, 1.54) is 38.1 Å². The fourth-order valence-electron chi connectivity index (χ4n) is 8.51. The van der Waals surface area contributed by atoms with Crippen LogP contribution in [0.4, 0.5) is 17.6 Å². The minimum Gasteiger partial charge on any atom is -0.493 e. The fraction of sp³-hybridized carbons (Fsp3) is 0.341. The van der Waals surface area contributed by atoms with Crippen molar-refractivity contribution in [1.29, 1.82) is 0 Å². The lowest BCUT2D eigenvalue weighted by atomic mass is 9.87. The Bertz CT molecular complexity index is 2310. The predicted molar refractivity (Wildman–Crippen MR) is 201 cm³/mol. The lowest BCUT2D eigenvalue weighted by Gasteiger charge is -2.43. The monoisotopic (exact) mass is 721 g/mol. The second-order valence-corrected chi connectivity index (χ2v) is 15.3. The molecule has 53 heavy (non-hydrogen) atoms. The lowest BCUT2D eigenvalue weighted by molar-refractivity contribution is 0.0642. The maximum Gasteiger partial charge on any atom is 0.163 e. The Labute approximate surface area is 306 Å². The van der Waals surface area contributed by atoms with Gasteiger partial charge in [0, 0.05) is 75.5 Å². The normalized spacial score (nSPS) is 17.8. The highest BCUT2D eigenvalue weighted by Gasteiger charge is 2.41. The van der Waals surface area contributed by atoms with Crippen LogP contribution in [0.15, 0.2) is 72.8 Å². The number of unbranched alkanes of at least 4 members (excludes halogenated alkanes) is 1. The molecule has 0 fully saturated rings. The number of aromatic amines is 2. The van der Waals surface area contributed by atoms with Crippen molar-refractivity contribution in [1.82, 2.24) is 14.9 Å². The highest BCUT2D eigenvalue weighted by molar-refractivity contribution is 6.11. The third-order valence-corrected chi connectivity index (χ3v) is 10.9. The number of para-hydroxylation sites is 1. The first-order valence-corrected chi connectivity index (χ1v) is 18.6. The first kappa shape index (κ1) is 35.2. The molecule has 2 N–H and O–H groups in total. The number of ether oxygens (including phenoxy) is 1. The van der Waals surface area contributed by atoms with Gasteiger partial charge in [0.25, 0.3) is 0 Å². The zero-order chi connectivity index (χ0) is 37.0. The number of H-pyrrole nitrogens is 2. The molecule has 274 valence electrons. The van der Waals surface area contributed by atoms with Gasteiger partial charge in [0.1, 0.15) is 28.9 Å². The molecule has 6 aromatic rings. The summed E-state index contributed by atoms with van der Waals surface area (Å²) in [5.41, 5.74) is 6.11. The Kier molecular flexibility index (Phi) is 9.17. The molecule has 9 heteroatoms. The smallest absolute Gasteiger partial charge is 0.163 e. The van der Waals surface area contributed by atoms with Gasteiger partial charge >= 0.3 is 0 Å². The van der Waals surface area contributed by atoms with Gasteiger partial charge in [-0.3, -0.25) is 9.69 Å². The van der Waals surface area contributed by atoms with Crippen molar-refractivity contribution in [3.8, 4) is 17.0 Å². The second-order valence-electron chi connectivity index (χ2n) is 15.3. The summed E-state index contributed by atoms with van der Waals surface area (Å²) in [6.45, 7) is 5.26. The largest absolute Gasteiger partial charge is 0.493 e. The summed E-state index contributed by atoms with van der Waals surface area (Å²) in [6.07, 6.45) is 4.80. The summed E-state index contributed by atoms with van der Waals surface area (Å²) >= 11 is 0. The lowest BCUT2D eigenvalue weighted by Crippen LogP contribution is -2.48. The van der Waals surface area contributed by atoms with Gasteiger partial charge in [-0.2, -0.15) is 0 Å². The van der Waals surface area contributed by atoms with E-state index in [0.29, 0.717) is 42.6 Å². The average molecular weight is 722 g/mol. The Morgan fingerprint density at radius 2 is 1.64 bits per heavy atom. The van der Waals surface area contributed by atoms with Gasteiger partial charge in [0.05, 0.1) is 12.6 Å². The Hall–Kier alpha value is -4.89. The molecule has 0 saturated heterocycles. The molecule has 0 spiro atoms. The molecule has 1 aliphatic carbocycles. The van der Waals surface area contributed by atoms with Crippen molar-refractivity contribution >= 4 is 27.6 Å². The zero-order valence-corrected chi connectivity index (χ0v) is 30.2. The van der Waals surface area contributed by atoms with E-state index in [4.69, 9.17) is 4.74 Å². The number of nitrogens with one attached hydrogen (secondary N) is 2. The van der Waals surface area contributed by atoms with Crippen molar-refractivity contribution in [3.05, 3.63) is 124 Å². The summed E-state index contributed by atoms with van der Waals surface area (Å²) in [4.78, 5) is 21.3. The molecule has 0 bridgehead atoms. The van der Waals surface area contributed by atoms with Gasteiger partial charge in [-0.25, -0.2) is 17.6 Å². The molecule has 5 nitrogen and oxygen atoms in total. The van der Waals surface area contributed by atoms with Gasteiger partial charge in [0.2, 0.25) is 0 Å². The average Bonchev–Trinajstić information content (AvgIpc) is 3.61. The van der Waals surface area contributed by atoms with Crippen LogP contribution >= 0.6 is 0 Å². The van der Waals surface area contributed by atoms with Crippen molar-refractivity contribution in [2.45, 2.75) is 83.5 Å². The number of hydrogen-bond donors (Lipinski definition) is 2. The molecule has 0 amide bonds. The van der Waals surface area contributed by atoms with Gasteiger partial charge in [0.15, 0.2) is 5.78 Å². The first-order valence-electron chi connectivity index (χ1n) is 18.6. The predicted octanol–water partition coefficient (Wildman–Crippen LogP) is 10.7. The van der Waals surface area contributed by atoms with Crippen molar-refractivity contribution in [3.63, 3.8) is 0 Å². The van der Waals surface area contributed by atoms with E-state index >= 15 is 13.2 Å². The van der Waals surface area contributed by atoms with Gasteiger partial charge in [-0.15, -0.1) is 0 Å². The summed E-state index contributed by atoms with van der Waals surface area (Å²) in [5.74, 6) is -1.77. The summed E-state index contributed by atoms with van der Waals surface area (Å²) in [7, 11) is 0. The molecule has 2 aliphatic rings. The number of aryl methyl sites for hydroxylation is 2. The Balaban J connectivity index is 0.937. The van der Waals surface area contributed by atoms with Crippen LogP contribution in [0, 0.1) is 17.5 Å². The van der Waals surface area contributed by atoms with Gasteiger partial charge in [-0.1, -0.05) is 42.5 Å². The minimum atomic E-state index is -1.57. The number of alkyl halides is 1. The highest BCUT2D eigenvalue weighted by atomic mass is 19.1. The number of ketones is 1. The zero-order valence-electron chi connectivity index (χ0n) is 30.2. The highest BCUT2D eigenvalue weighted by Crippen LogP contribution is 2.44. The van der Waals surface area contributed by atoms with Crippen LogP contribution in [-0.2, 0) is 19.3 Å². The van der Waals surface area contributed by atoms with Crippen LogP contribution in [0.1, 0.15) is 90.8 Å². The van der Waals surface area contributed by atoms with E-state index < -0.39 is 29.2 Å². The van der Waals surface area contributed by atoms with Gasteiger partial charge < -0.3 is 14.7 Å². The van der Waals surface area contributed by atoms with E-state index in [1.807, 2.05) is 48.2 Å². The van der Waals surface area contributed by atoms with E-state index in [-0.39, 0.29) is 29.7 Å². The minimum absolute atomic E-state index is 0.0157. The molecule has 1 aliphatic heterocycles. The van der Waals surface area contributed by atoms with Crippen molar-refractivity contribution < 1.29 is 27.1 Å². The Morgan fingerprint density at radius 1 is 0.887 bits per heavy atom. The van der Waals surface area contributed by atoms with Gasteiger partial charge in [-0.05, 0) is 99.7 Å². The third kappa shape index (κ3) is 6.76. The number of nitrogens with zero attached hydrogens (tertiary/aromatic N) is 1. The van der Waals surface area contributed by atoms with Crippen LogP contribution in [0.25, 0.3) is 33.1 Å². The number of Topliss-reactive ketones (excluding diaryl/α,β-unsaturated/α-hetero) is 1. The van der Waals surface area contributed by atoms with E-state index in [9.17, 15) is 9.18 Å². The SMILES string of the molecule is C[C@@H]1Cc2c([nH]c3ccccc23)[C@@H](c2c(F)cc(OCCCCc3ccc(-c4[nH]c5cc(F)cc6c5c4CCCC6=O)cc3)cc2F)N1CC(C)(C)F. The number of hydrogen-bond acceptors (Lipinski definition) is 3. The van der Waals surface area contributed by atoms with Crippen LogP contribution in [-0.4, -0.2) is 45.5 Å². The van der Waals surface area contributed by atoms with E-state index in [2.05, 4.69) is 22.1 Å². The van der Waals surface area contributed by atoms with E-state index in [1.54, 1.807) is 0 Å².